The predicted molar refractivity (Wildman–Crippen MR) is 120 cm³/mol. The van der Waals surface area contributed by atoms with Gasteiger partial charge in [0.2, 0.25) is 11.1 Å². The zero-order chi connectivity index (χ0) is 22.7. The van der Waals surface area contributed by atoms with Gasteiger partial charge < -0.3 is 16.1 Å². The lowest BCUT2D eigenvalue weighted by molar-refractivity contribution is -0.137. The number of benzene rings is 1. The molecule has 1 aliphatic rings. The Morgan fingerprint density at radius 1 is 1.19 bits per heavy atom. The van der Waals surface area contributed by atoms with Gasteiger partial charge in [-0.05, 0) is 48.9 Å². The van der Waals surface area contributed by atoms with Crippen molar-refractivity contribution in [2.75, 3.05) is 34.9 Å². The Balaban J connectivity index is 1.48. The zero-order valence-electron chi connectivity index (χ0n) is 16.9. The molecule has 0 saturated carbocycles. The number of nitrogens with one attached hydrogen (secondary N) is 1. The number of anilines is 2. The van der Waals surface area contributed by atoms with E-state index in [0.717, 1.165) is 61.1 Å². The number of hydrogen-bond acceptors (Lipinski definition) is 7. The number of aromatic nitrogens is 3. The number of thioether (sulfide) groups is 1. The van der Waals surface area contributed by atoms with Gasteiger partial charge in [-0.1, -0.05) is 17.8 Å². The van der Waals surface area contributed by atoms with Gasteiger partial charge >= 0.3 is 6.18 Å². The third-order valence-corrected chi connectivity index (χ3v) is 6.84. The molecule has 0 aliphatic carbocycles. The molecule has 1 aromatic carbocycles. The van der Waals surface area contributed by atoms with Crippen LogP contribution in [-0.2, 0) is 11.0 Å². The molecule has 0 unspecified atom stereocenters. The van der Waals surface area contributed by atoms with Crippen LogP contribution in [0.4, 0.5) is 24.5 Å². The van der Waals surface area contributed by atoms with Crippen LogP contribution in [0, 0.1) is 0 Å². The van der Waals surface area contributed by atoms with Gasteiger partial charge in [-0.25, -0.2) is 4.68 Å². The van der Waals surface area contributed by atoms with E-state index < -0.39 is 17.6 Å². The molecular formula is C20H21F3N6OS2. The van der Waals surface area contributed by atoms with E-state index in [4.69, 9.17) is 5.84 Å². The summed E-state index contributed by atoms with van der Waals surface area (Å²) in [7, 11) is 0. The number of alkyl halides is 3. The Morgan fingerprint density at radius 2 is 1.97 bits per heavy atom. The number of nitrogen functional groups attached to an aromatic ring is 1. The van der Waals surface area contributed by atoms with Crippen LogP contribution < -0.4 is 16.1 Å². The quantitative estimate of drug-likeness (QED) is 0.398. The molecule has 32 heavy (non-hydrogen) atoms. The number of halogens is 3. The van der Waals surface area contributed by atoms with Crippen LogP contribution in [0.2, 0.25) is 0 Å². The second-order valence-corrected chi connectivity index (χ2v) is 9.16. The van der Waals surface area contributed by atoms with Gasteiger partial charge in [0.25, 0.3) is 0 Å². The standard InChI is InChI=1S/C20H21F3N6OS2/c21-20(22,23)13-6-7-15(28-8-2-1-3-9-28)14(11-13)25-17(30)12-32-19-27-26-18(29(19)24)16-5-4-10-31-16/h4-7,10-11H,1-3,8-9,12,24H2,(H,25,30). The summed E-state index contributed by atoms with van der Waals surface area (Å²) in [4.78, 5) is 15.5. The van der Waals surface area contributed by atoms with Crippen LogP contribution in [0.25, 0.3) is 10.7 Å². The summed E-state index contributed by atoms with van der Waals surface area (Å²) in [6.45, 7) is 1.48. The third kappa shape index (κ3) is 5.01. The van der Waals surface area contributed by atoms with E-state index in [2.05, 4.69) is 15.5 Å². The zero-order valence-corrected chi connectivity index (χ0v) is 18.6. The van der Waals surface area contributed by atoms with E-state index in [1.807, 2.05) is 22.4 Å². The maximum atomic E-state index is 13.3. The SMILES string of the molecule is Nn1c(SCC(=O)Nc2cc(C(F)(F)F)ccc2N2CCCCC2)nnc1-c1cccs1. The number of thiophene rings is 1. The first kappa shape index (κ1) is 22.5. The van der Waals surface area contributed by atoms with Crippen LogP contribution in [0.15, 0.2) is 40.9 Å². The lowest BCUT2D eigenvalue weighted by Crippen LogP contribution is -2.30. The number of rotatable bonds is 6. The molecule has 3 N–H and O–H groups in total. The predicted octanol–water partition coefficient (Wildman–Crippen LogP) is 4.46. The molecule has 0 radical (unpaired) electrons. The van der Waals surface area contributed by atoms with Gasteiger partial charge in [-0.15, -0.1) is 21.5 Å². The van der Waals surface area contributed by atoms with E-state index in [0.29, 0.717) is 16.7 Å². The molecule has 0 bridgehead atoms. The Kier molecular flexibility index (Phi) is 6.60. The molecule has 170 valence electrons. The molecule has 2 aromatic heterocycles. The first-order valence-corrected chi connectivity index (χ1v) is 11.8. The van der Waals surface area contributed by atoms with Gasteiger partial charge in [0.05, 0.1) is 27.6 Å². The van der Waals surface area contributed by atoms with Crippen molar-refractivity contribution in [1.82, 2.24) is 14.9 Å². The minimum Gasteiger partial charge on any atom is -0.370 e. The molecular weight excluding hydrogens is 461 g/mol. The molecule has 0 spiro atoms. The molecule has 4 rings (SSSR count). The van der Waals surface area contributed by atoms with Gasteiger partial charge in [0.15, 0.2) is 5.82 Å². The summed E-state index contributed by atoms with van der Waals surface area (Å²) in [6.07, 6.45) is -1.49. The summed E-state index contributed by atoms with van der Waals surface area (Å²) in [5.41, 5.74) is -0.0534. The Hall–Kier alpha value is -2.73. The summed E-state index contributed by atoms with van der Waals surface area (Å²) in [5, 5.41) is 12.9. The number of carbonyl (C=O) groups excluding carboxylic acids is 1. The van der Waals surface area contributed by atoms with E-state index in [9.17, 15) is 18.0 Å². The number of nitrogens with two attached hydrogens (primary N) is 1. The highest BCUT2D eigenvalue weighted by atomic mass is 32.2. The highest BCUT2D eigenvalue weighted by molar-refractivity contribution is 7.99. The lowest BCUT2D eigenvalue weighted by Gasteiger charge is -2.31. The average Bonchev–Trinajstić information content (AvgIpc) is 3.42. The van der Waals surface area contributed by atoms with Gasteiger partial charge in [-0.3, -0.25) is 4.79 Å². The maximum Gasteiger partial charge on any atom is 0.416 e. The van der Waals surface area contributed by atoms with Gasteiger partial charge in [-0.2, -0.15) is 13.2 Å². The highest BCUT2D eigenvalue weighted by Gasteiger charge is 2.32. The van der Waals surface area contributed by atoms with Crippen LogP contribution >= 0.6 is 23.1 Å². The highest BCUT2D eigenvalue weighted by Crippen LogP contribution is 2.36. The fourth-order valence-electron chi connectivity index (χ4n) is 3.49. The van der Waals surface area contributed by atoms with Crippen molar-refractivity contribution in [1.29, 1.82) is 0 Å². The minimum absolute atomic E-state index is 0.0739. The molecule has 3 aromatic rings. The summed E-state index contributed by atoms with van der Waals surface area (Å²) in [5.74, 6) is 5.99. The Labute approximate surface area is 190 Å². The van der Waals surface area contributed by atoms with Crippen molar-refractivity contribution in [3.8, 4) is 10.7 Å². The lowest BCUT2D eigenvalue weighted by atomic mass is 10.1. The van der Waals surface area contributed by atoms with E-state index in [1.165, 1.54) is 22.1 Å². The van der Waals surface area contributed by atoms with E-state index in [-0.39, 0.29) is 11.4 Å². The summed E-state index contributed by atoms with van der Waals surface area (Å²) < 4.78 is 41.1. The number of piperidine rings is 1. The molecule has 3 heterocycles. The molecule has 1 fully saturated rings. The van der Waals surface area contributed by atoms with Crippen LogP contribution in [0.3, 0.4) is 0 Å². The molecule has 7 nitrogen and oxygen atoms in total. The van der Waals surface area contributed by atoms with Crippen molar-refractivity contribution >= 4 is 40.4 Å². The molecule has 0 atom stereocenters. The molecule has 1 saturated heterocycles. The normalized spacial score (nSPS) is 14.5. The second kappa shape index (κ2) is 9.41. The largest absolute Gasteiger partial charge is 0.416 e. The van der Waals surface area contributed by atoms with Crippen molar-refractivity contribution < 1.29 is 18.0 Å². The molecule has 1 amide bonds. The molecule has 12 heteroatoms. The monoisotopic (exact) mass is 482 g/mol. The maximum absolute atomic E-state index is 13.3. The van der Waals surface area contributed by atoms with Crippen molar-refractivity contribution in [3.63, 3.8) is 0 Å². The van der Waals surface area contributed by atoms with Crippen molar-refractivity contribution in [2.24, 2.45) is 0 Å². The summed E-state index contributed by atoms with van der Waals surface area (Å²) >= 11 is 2.52. The minimum atomic E-state index is -4.50. The Morgan fingerprint density at radius 3 is 2.66 bits per heavy atom. The van der Waals surface area contributed by atoms with Crippen LogP contribution in [0.1, 0.15) is 24.8 Å². The first-order valence-electron chi connectivity index (χ1n) is 9.96. The van der Waals surface area contributed by atoms with E-state index in [1.54, 1.807) is 0 Å². The van der Waals surface area contributed by atoms with Crippen LogP contribution in [-0.4, -0.2) is 39.6 Å². The molecule has 1 aliphatic heterocycles. The van der Waals surface area contributed by atoms with Gasteiger partial charge in [0, 0.05) is 13.1 Å². The van der Waals surface area contributed by atoms with E-state index >= 15 is 0 Å². The second-order valence-electron chi connectivity index (χ2n) is 7.27. The number of nitrogens with zero attached hydrogens (tertiary/aromatic N) is 4. The first-order chi connectivity index (χ1) is 15.3. The average molecular weight is 483 g/mol. The Bertz CT molecular complexity index is 1080. The number of carbonyl (C=O) groups is 1. The van der Waals surface area contributed by atoms with Crippen molar-refractivity contribution in [2.45, 2.75) is 30.6 Å². The van der Waals surface area contributed by atoms with Crippen LogP contribution in [0.5, 0.6) is 0 Å². The summed E-state index contributed by atoms with van der Waals surface area (Å²) in [6, 6.07) is 7.20. The fraction of sp³-hybridized carbons (Fsp3) is 0.350. The smallest absolute Gasteiger partial charge is 0.370 e. The third-order valence-electron chi connectivity index (χ3n) is 5.03. The van der Waals surface area contributed by atoms with Gasteiger partial charge in [0.1, 0.15) is 0 Å². The fourth-order valence-corrected chi connectivity index (χ4v) is 4.85. The number of amides is 1. The number of hydrogen-bond donors (Lipinski definition) is 2. The van der Waals surface area contributed by atoms with Crippen molar-refractivity contribution in [3.05, 3.63) is 41.3 Å². The topological polar surface area (TPSA) is 89.1 Å².